The Morgan fingerprint density at radius 2 is 2.10 bits per heavy atom. The summed E-state index contributed by atoms with van der Waals surface area (Å²) in [6.07, 6.45) is 4.89. The molecule has 2 saturated heterocycles. The van der Waals surface area contributed by atoms with Gasteiger partial charge in [-0.25, -0.2) is 0 Å². The van der Waals surface area contributed by atoms with E-state index in [2.05, 4.69) is 44.8 Å². The molecule has 0 aromatic carbocycles. The first-order chi connectivity index (χ1) is 9.46. The van der Waals surface area contributed by atoms with Crippen molar-refractivity contribution in [2.45, 2.75) is 84.0 Å². The highest BCUT2D eigenvalue weighted by atomic mass is 16.5. The summed E-state index contributed by atoms with van der Waals surface area (Å²) < 4.78 is 5.91. The van der Waals surface area contributed by atoms with Crippen molar-refractivity contribution in [3.63, 3.8) is 0 Å². The summed E-state index contributed by atoms with van der Waals surface area (Å²) in [5, 5.41) is 3.79. The average molecular weight is 282 g/mol. The quantitative estimate of drug-likeness (QED) is 0.858. The van der Waals surface area contributed by atoms with Crippen molar-refractivity contribution in [3.8, 4) is 0 Å². The first kappa shape index (κ1) is 16.3. The number of hydrogen-bond donors (Lipinski definition) is 1. The van der Waals surface area contributed by atoms with Crippen LogP contribution < -0.4 is 5.32 Å². The Morgan fingerprint density at radius 3 is 2.70 bits per heavy atom. The smallest absolute Gasteiger partial charge is 0.0641 e. The van der Waals surface area contributed by atoms with Gasteiger partial charge < -0.3 is 10.1 Å². The van der Waals surface area contributed by atoms with Gasteiger partial charge in [0.15, 0.2) is 0 Å². The van der Waals surface area contributed by atoms with E-state index in [-0.39, 0.29) is 5.60 Å². The number of ether oxygens (including phenoxy) is 1. The van der Waals surface area contributed by atoms with Crippen molar-refractivity contribution in [1.29, 1.82) is 0 Å². The summed E-state index contributed by atoms with van der Waals surface area (Å²) in [6, 6.07) is 2.07. The molecule has 0 aromatic rings. The van der Waals surface area contributed by atoms with E-state index in [0.29, 0.717) is 18.1 Å². The van der Waals surface area contributed by atoms with Gasteiger partial charge in [0, 0.05) is 37.8 Å². The van der Waals surface area contributed by atoms with E-state index in [0.717, 1.165) is 19.1 Å². The normalized spacial score (nSPS) is 36.8. The fraction of sp³-hybridized carbons (Fsp3) is 1.00. The molecular weight excluding hydrogens is 248 g/mol. The van der Waals surface area contributed by atoms with Crippen LogP contribution in [0, 0.1) is 5.92 Å². The van der Waals surface area contributed by atoms with Gasteiger partial charge in [0.05, 0.1) is 5.60 Å². The molecule has 1 N–H and O–H groups in total. The minimum Gasteiger partial charge on any atom is -0.375 e. The molecule has 2 aliphatic heterocycles. The van der Waals surface area contributed by atoms with Gasteiger partial charge in [-0.05, 0) is 39.0 Å². The van der Waals surface area contributed by atoms with Crippen LogP contribution in [0.2, 0.25) is 0 Å². The standard InChI is InChI=1S/C17H34N2O/c1-6-13(3)16-12-19(14(7-2)11-18-16)15-8-9-20-17(4,5)10-15/h13-16,18H,6-12H2,1-5H3. The second-order valence-electron chi connectivity index (χ2n) is 7.41. The molecule has 2 rings (SSSR count). The molecule has 0 radical (unpaired) electrons. The molecule has 4 atom stereocenters. The third-order valence-electron chi connectivity index (χ3n) is 5.43. The van der Waals surface area contributed by atoms with Crippen molar-refractivity contribution < 1.29 is 4.74 Å². The Balaban J connectivity index is 2.04. The van der Waals surface area contributed by atoms with Gasteiger partial charge in [0.2, 0.25) is 0 Å². The number of hydrogen-bond acceptors (Lipinski definition) is 3. The van der Waals surface area contributed by atoms with Crippen LogP contribution in [-0.4, -0.2) is 48.3 Å². The number of nitrogens with zero attached hydrogens (tertiary/aromatic N) is 1. The third kappa shape index (κ3) is 3.75. The maximum absolute atomic E-state index is 5.91. The molecule has 0 aromatic heterocycles. The lowest BCUT2D eigenvalue weighted by molar-refractivity contribution is -0.0953. The molecule has 3 nitrogen and oxygen atoms in total. The van der Waals surface area contributed by atoms with Gasteiger partial charge in [0.25, 0.3) is 0 Å². The highest BCUT2D eigenvalue weighted by Crippen LogP contribution is 2.30. The molecule has 0 amide bonds. The molecule has 0 spiro atoms. The Hall–Kier alpha value is -0.120. The Labute approximate surface area is 125 Å². The largest absolute Gasteiger partial charge is 0.375 e. The summed E-state index contributed by atoms with van der Waals surface area (Å²) in [7, 11) is 0. The van der Waals surface area contributed by atoms with E-state index >= 15 is 0 Å². The maximum Gasteiger partial charge on any atom is 0.0641 e. The molecule has 2 heterocycles. The lowest BCUT2D eigenvalue weighted by Crippen LogP contribution is -2.62. The summed E-state index contributed by atoms with van der Waals surface area (Å²) >= 11 is 0. The van der Waals surface area contributed by atoms with Crippen LogP contribution in [0.5, 0.6) is 0 Å². The Bertz CT molecular complexity index is 305. The van der Waals surface area contributed by atoms with Gasteiger partial charge >= 0.3 is 0 Å². The van der Waals surface area contributed by atoms with E-state index in [1.807, 2.05) is 0 Å². The van der Waals surface area contributed by atoms with Crippen LogP contribution in [0.15, 0.2) is 0 Å². The van der Waals surface area contributed by atoms with Gasteiger partial charge in [-0.1, -0.05) is 27.2 Å². The maximum atomic E-state index is 5.91. The van der Waals surface area contributed by atoms with Crippen molar-refractivity contribution in [1.82, 2.24) is 10.2 Å². The topological polar surface area (TPSA) is 24.5 Å². The number of nitrogens with one attached hydrogen (secondary N) is 1. The third-order valence-corrected chi connectivity index (χ3v) is 5.43. The Kier molecular flexibility index (Phi) is 5.49. The molecule has 20 heavy (non-hydrogen) atoms. The molecule has 2 fully saturated rings. The van der Waals surface area contributed by atoms with Gasteiger partial charge in [-0.15, -0.1) is 0 Å². The van der Waals surface area contributed by atoms with Gasteiger partial charge in [-0.3, -0.25) is 4.90 Å². The predicted molar refractivity (Wildman–Crippen MR) is 85.1 cm³/mol. The zero-order chi connectivity index (χ0) is 14.8. The van der Waals surface area contributed by atoms with Crippen LogP contribution in [0.25, 0.3) is 0 Å². The minimum absolute atomic E-state index is 0.0535. The molecular formula is C17H34N2O. The minimum atomic E-state index is 0.0535. The van der Waals surface area contributed by atoms with E-state index < -0.39 is 0 Å². The highest BCUT2D eigenvalue weighted by Gasteiger charge is 2.38. The predicted octanol–water partition coefficient (Wildman–Crippen LogP) is 3.04. The molecule has 0 aliphatic carbocycles. The van der Waals surface area contributed by atoms with Gasteiger partial charge in [-0.2, -0.15) is 0 Å². The highest BCUT2D eigenvalue weighted by molar-refractivity contribution is 4.94. The van der Waals surface area contributed by atoms with Crippen molar-refractivity contribution in [3.05, 3.63) is 0 Å². The van der Waals surface area contributed by atoms with Crippen LogP contribution >= 0.6 is 0 Å². The summed E-state index contributed by atoms with van der Waals surface area (Å²) in [5.74, 6) is 0.767. The van der Waals surface area contributed by atoms with E-state index in [4.69, 9.17) is 4.74 Å². The van der Waals surface area contributed by atoms with Crippen LogP contribution in [0.1, 0.15) is 60.3 Å². The van der Waals surface area contributed by atoms with Crippen molar-refractivity contribution in [2.75, 3.05) is 19.7 Å². The molecule has 2 aliphatic rings. The lowest BCUT2D eigenvalue weighted by atomic mass is 9.88. The second-order valence-corrected chi connectivity index (χ2v) is 7.41. The SMILES string of the molecule is CCC(C)C1CN(C2CCOC(C)(C)C2)C(CC)CN1. The average Bonchev–Trinajstić information content (AvgIpc) is 2.44. The monoisotopic (exact) mass is 282 g/mol. The zero-order valence-electron chi connectivity index (χ0n) is 14.1. The fourth-order valence-corrected chi connectivity index (χ4v) is 3.82. The zero-order valence-corrected chi connectivity index (χ0v) is 14.1. The number of rotatable bonds is 4. The van der Waals surface area contributed by atoms with E-state index in [9.17, 15) is 0 Å². The molecule has 4 unspecified atom stereocenters. The van der Waals surface area contributed by atoms with Crippen LogP contribution in [0.3, 0.4) is 0 Å². The van der Waals surface area contributed by atoms with Gasteiger partial charge in [0.1, 0.15) is 0 Å². The first-order valence-electron chi connectivity index (χ1n) is 8.60. The second kappa shape index (κ2) is 6.76. The summed E-state index contributed by atoms with van der Waals surface area (Å²) in [6.45, 7) is 14.8. The summed E-state index contributed by atoms with van der Waals surface area (Å²) in [4.78, 5) is 2.80. The Morgan fingerprint density at radius 1 is 1.35 bits per heavy atom. The fourth-order valence-electron chi connectivity index (χ4n) is 3.82. The van der Waals surface area contributed by atoms with E-state index in [1.54, 1.807) is 0 Å². The molecule has 3 heteroatoms. The summed E-state index contributed by atoms with van der Waals surface area (Å²) in [5.41, 5.74) is 0.0535. The van der Waals surface area contributed by atoms with Crippen LogP contribution in [-0.2, 0) is 4.74 Å². The molecule has 0 saturated carbocycles. The molecule has 118 valence electrons. The van der Waals surface area contributed by atoms with Crippen molar-refractivity contribution in [2.24, 2.45) is 5.92 Å². The lowest BCUT2D eigenvalue weighted by Gasteiger charge is -2.49. The van der Waals surface area contributed by atoms with Crippen LogP contribution in [0.4, 0.5) is 0 Å². The molecule has 0 bridgehead atoms. The van der Waals surface area contributed by atoms with E-state index in [1.165, 1.54) is 32.2 Å². The first-order valence-corrected chi connectivity index (χ1v) is 8.60. The van der Waals surface area contributed by atoms with Crippen molar-refractivity contribution >= 4 is 0 Å². The number of piperazine rings is 1.